The Kier molecular flexibility index (Phi) is 8.84. The second kappa shape index (κ2) is 8.93. The first-order valence-electron chi connectivity index (χ1n) is 6.11. The lowest BCUT2D eigenvalue weighted by Crippen LogP contribution is -2.48. The summed E-state index contributed by atoms with van der Waals surface area (Å²) in [5, 5.41) is 12.7. The Morgan fingerprint density at radius 1 is 1.25 bits per heavy atom. The molecule has 98 valence electrons. The zero-order valence-electron chi connectivity index (χ0n) is 11.4. The van der Waals surface area contributed by atoms with Crippen LogP contribution in [0.2, 0.25) is 0 Å². The minimum Gasteiger partial charge on any atom is -0.395 e. The normalized spacial score (nSPS) is 14.1. The van der Waals surface area contributed by atoms with Crippen LogP contribution in [0.15, 0.2) is 0 Å². The van der Waals surface area contributed by atoms with Gasteiger partial charge in [-0.2, -0.15) is 0 Å². The van der Waals surface area contributed by atoms with Crippen LogP contribution in [0.1, 0.15) is 27.7 Å². The Morgan fingerprint density at radius 2 is 1.88 bits per heavy atom. The third kappa shape index (κ3) is 7.17. The first-order chi connectivity index (χ1) is 7.51. The predicted octanol–water partition coefficient (Wildman–Crippen LogP) is 0.702. The van der Waals surface area contributed by atoms with Crippen LogP contribution in [0.5, 0.6) is 0 Å². The average molecular weight is 232 g/mol. The molecule has 0 spiro atoms. The average Bonchev–Trinajstić information content (AvgIpc) is 2.21. The molecule has 0 aliphatic carbocycles. The summed E-state index contributed by atoms with van der Waals surface area (Å²) in [7, 11) is 1.72. The molecule has 0 amide bonds. The summed E-state index contributed by atoms with van der Waals surface area (Å²) in [6.45, 7) is 11.2. The number of hydrogen-bond donors (Lipinski definition) is 2. The highest BCUT2D eigenvalue weighted by atomic mass is 16.5. The van der Waals surface area contributed by atoms with Crippen molar-refractivity contribution in [1.82, 2.24) is 10.2 Å². The number of hydrogen-bond acceptors (Lipinski definition) is 4. The Labute approximate surface area is 100.0 Å². The third-order valence-corrected chi connectivity index (χ3v) is 2.56. The van der Waals surface area contributed by atoms with Crippen LogP contribution in [0, 0.1) is 0 Å². The van der Waals surface area contributed by atoms with Crippen molar-refractivity contribution in [2.24, 2.45) is 0 Å². The summed E-state index contributed by atoms with van der Waals surface area (Å²) in [6.07, 6.45) is 0. The van der Waals surface area contributed by atoms with Crippen LogP contribution < -0.4 is 5.32 Å². The van der Waals surface area contributed by atoms with Crippen LogP contribution in [0.3, 0.4) is 0 Å². The molecule has 0 aliphatic heterocycles. The van der Waals surface area contributed by atoms with E-state index in [4.69, 9.17) is 4.74 Å². The monoisotopic (exact) mass is 232 g/mol. The van der Waals surface area contributed by atoms with Gasteiger partial charge in [-0.1, -0.05) is 13.8 Å². The van der Waals surface area contributed by atoms with E-state index in [0.717, 1.165) is 19.7 Å². The van der Waals surface area contributed by atoms with Crippen LogP contribution >= 0.6 is 0 Å². The van der Waals surface area contributed by atoms with E-state index in [1.54, 1.807) is 7.11 Å². The molecule has 0 saturated heterocycles. The zero-order valence-corrected chi connectivity index (χ0v) is 11.4. The molecule has 16 heavy (non-hydrogen) atoms. The standard InChI is InChI=1S/C12H28N2O2/c1-10(2)13-12(9-15)8-14(11(3)4)6-7-16-5/h10-13,15H,6-9H2,1-5H3. The smallest absolute Gasteiger partial charge is 0.0597 e. The van der Waals surface area contributed by atoms with Gasteiger partial charge in [0.05, 0.1) is 13.2 Å². The maximum absolute atomic E-state index is 9.31. The van der Waals surface area contributed by atoms with Gasteiger partial charge in [-0.25, -0.2) is 0 Å². The molecule has 0 aliphatic rings. The second-order valence-electron chi connectivity index (χ2n) is 4.78. The number of aliphatic hydroxyl groups is 1. The largest absolute Gasteiger partial charge is 0.395 e. The quantitative estimate of drug-likeness (QED) is 0.614. The van der Waals surface area contributed by atoms with Crippen molar-refractivity contribution in [2.75, 3.05) is 33.4 Å². The molecule has 0 heterocycles. The lowest BCUT2D eigenvalue weighted by Gasteiger charge is -2.31. The van der Waals surface area contributed by atoms with E-state index in [9.17, 15) is 5.11 Å². The van der Waals surface area contributed by atoms with E-state index in [-0.39, 0.29) is 12.6 Å². The summed E-state index contributed by atoms with van der Waals surface area (Å²) < 4.78 is 5.09. The summed E-state index contributed by atoms with van der Waals surface area (Å²) >= 11 is 0. The molecule has 0 bridgehead atoms. The van der Waals surface area contributed by atoms with Crippen molar-refractivity contribution < 1.29 is 9.84 Å². The Bertz CT molecular complexity index is 163. The lowest BCUT2D eigenvalue weighted by atomic mass is 10.2. The number of aliphatic hydroxyl groups excluding tert-OH is 1. The van der Waals surface area contributed by atoms with E-state index in [2.05, 4.69) is 37.9 Å². The minimum atomic E-state index is 0.138. The van der Waals surface area contributed by atoms with E-state index < -0.39 is 0 Å². The fourth-order valence-corrected chi connectivity index (χ4v) is 1.69. The first kappa shape index (κ1) is 15.8. The molecule has 0 aromatic rings. The molecule has 0 aromatic heterocycles. The Hall–Kier alpha value is -0.160. The van der Waals surface area contributed by atoms with Gasteiger partial charge in [0.15, 0.2) is 0 Å². The minimum absolute atomic E-state index is 0.138. The molecule has 2 N–H and O–H groups in total. The van der Waals surface area contributed by atoms with Crippen LogP contribution in [0.4, 0.5) is 0 Å². The van der Waals surface area contributed by atoms with E-state index in [0.29, 0.717) is 12.1 Å². The van der Waals surface area contributed by atoms with Crippen LogP contribution in [-0.2, 0) is 4.74 Å². The van der Waals surface area contributed by atoms with Gasteiger partial charge in [-0.3, -0.25) is 4.90 Å². The number of rotatable bonds is 9. The van der Waals surface area contributed by atoms with Crippen molar-refractivity contribution in [1.29, 1.82) is 0 Å². The van der Waals surface area contributed by atoms with Gasteiger partial charge in [-0.05, 0) is 13.8 Å². The number of methoxy groups -OCH3 is 1. The highest BCUT2D eigenvalue weighted by molar-refractivity contribution is 4.75. The lowest BCUT2D eigenvalue weighted by molar-refractivity contribution is 0.107. The van der Waals surface area contributed by atoms with Crippen molar-refractivity contribution in [3.63, 3.8) is 0 Å². The second-order valence-corrected chi connectivity index (χ2v) is 4.78. The number of ether oxygens (including phenoxy) is 1. The number of nitrogens with one attached hydrogen (secondary N) is 1. The van der Waals surface area contributed by atoms with E-state index >= 15 is 0 Å². The van der Waals surface area contributed by atoms with E-state index in [1.807, 2.05) is 0 Å². The van der Waals surface area contributed by atoms with Crippen molar-refractivity contribution in [3.05, 3.63) is 0 Å². The van der Waals surface area contributed by atoms with Crippen LogP contribution in [-0.4, -0.2) is 61.5 Å². The van der Waals surface area contributed by atoms with Crippen molar-refractivity contribution >= 4 is 0 Å². The predicted molar refractivity (Wildman–Crippen MR) is 67.7 cm³/mol. The molecule has 0 radical (unpaired) electrons. The van der Waals surface area contributed by atoms with Gasteiger partial charge in [0.1, 0.15) is 0 Å². The van der Waals surface area contributed by atoms with Gasteiger partial charge in [-0.15, -0.1) is 0 Å². The van der Waals surface area contributed by atoms with Crippen molar-refractivity contribution in [3.8, 4) is 0 Å². The highest BCUT2D eigenvalue weighted by Crippen LogP contribution is 2.01. The molecule has 0 rings (SSSR count). The molecule has 0 aromatic carbocycles. The Balaban J connectivity index is 4.12. The topological polar surface area (TPSA) is 44.7 Å². The molecule has 1 unspecified atom stereocenters. The van der Waals surface area contributed by atoms with Gasteiger partial charge < -0.3 is 15.2 Å². The summed E-state index contributed by atoms with van der Waals surface area (Å²) in [5.74, 6) is 0. The first-order valence-corrected chi connectivity index (χ1v) is 6.11. The maximum atomic E-state index is 9.31. The SMILES string of the molecule is COCCN(CC(CO)NC(C)C)C(C)C. The van der Waals surface area contributed by atoms with Gasteiger partial charge in [0.2, 0.25) is 0 Å². The Morgan fingerprint density at radius 3 is 2.25 bits per heavy atom. The molecule has 1 atom stereocenters. The zero-order chi connectivity index (χ0) is 12.6. The van der Waals surface area contributed by atoms with Crippen molar-refractivity contribution in [2.45, 2.75) is 45.8 Å². The van der Waals surface area contributed by atoms with Gasteiger partial charge in [0, 0.05) is 38.3 Å². The van der Waals surface area contributed by atoms with Gasteiger partial charge in [0.25, 0.3) is 0 Å². The summed E-state index contributed by atoms with van der Waals surface area (Å²) in [4.78, 5) is 2.32. The molecule has 0 saturated carbocycles. The fourth-order valence-electron chi connectivity index (χ4n) is 1.69. The summed E-state index contributed by atoms with van der Waals surface area (Å²) in [6, 6.07) is 1.01. The molecular formula is C12H28N2O2. The maximum Gasteiger partial charge on any atom is 0.0597 e. The summed E-state index contributed by atoms with van der Waals surface area (Å²) in [5.41, 5.74) is 0. The fraction of sp³-hybridized carbons (Fsp3) is 1.00. The third-order valence-electron chi connectivity index (χ3n) is 2.56. The number of nitrogens with zero attached hydrogens (tertiary/aromatic N) is 1. The molecule has 4 heteroatoms. The van der Waals surface area contributed by atoms with Gasteiger partial charge >= 0.3 is 0 Å². The molecular weight excluding hydrogens is 204 g/mol. The highest BCUT2D eigenvalue weighted by Gasteiger charge is 2.16. The van der Waals surface area contributed by atoms with Crippen LogP contribution in [0.25, 0.3) is 0 Å². The van der Waals surface area contributed by atoms with E-state index in [1.165, 1.54) is 0 Å². The molecule has 0 fully saturated rings. The molecule has 4 nitrogen and oxygen atoms in total.